The molecule has 0 spiro atoms. The van der Waals surface area contributed by atoms with Crippen LogP contribution < -0.4 is 5.73 Å². The molecule has 24 heavy (non-hydrogen) atoms. The van der Waals surface area contributed by atoms with Crippen molar-refractivity contribution in [3.63, 3.8) is 0 Å². The molecule has 2 heterocycles. The lowest BCUT2D eigenvalue weighted by atomic mass is 9.79. The minimum Gasteiger partial charge on any atom is -0.383 e. The third-order valence-electron chi connectivity index (χ3n) is 4.74. The number of nitriles is 1. The van der Waals surface area contributed by atoms with Gasteiger partial charge in [0, 0.05) is 16.1 Å². The summed E-state index contributed by atoms with van der Waals surface area (Å²) in [5, 5.41) is 11.7. The zero-order valence-electron chi connectivity index (χ0n) is 13.2. The Bertz CT molecular complexity index is 908. The van der Waals surface area contributed by atoms with E-state index in [9.17, 15) is 5.26 Å². The van der Waals surface area contributed by atoms with Gasteiger partial charge in [-0.2, -0.15) is 5.26 Å². The van der Waals surface area contributed by atoms with Gasteiger partial charge in [0.05, 0.1) is 0 Å². The van der Waals surface area contributed by atoms with Gasteiger partial charge in [0.15, 0.2) is 0 Å². The van der Waals surface area contributed by atoms with Gasteiger partial charge < -0.3 is 5.73 Å². The summed E-state index contributed by atoms with van der Waals surface area (Å²) in [5.74, 6) is 0.826. The molecule has 4 rings (SSSR count). The highest BCUT2D eigenvalue weighted by atomic mass is 32.1. The summed E-state index contributed by atoms with van der Waals surface area (Å²) in [5.41, 5.74) is 11.2. The molecule has 0 aliphatic heterocycles. The van der Waals surface area contributed by atoms with Crippen LogP contribution in [0.3, 0.4) is 0 Å². The number of hydrogen-bond acceptors (Lipinski definition) is 4. The van der Waals surface area contributed by atoms with Crippen LogP contribution in [0.15, 0.2) is 47.8 Å². The first-order chi connectivity index (χ1) is 11.8. The maximum absolute atomic E-state index is 9.62. The smallest absolute Gasteiger partial charge is 0.142 e. The second kappa shape index (κ2) is 6.10. The van der Waals surface area contributed by atoms with Crippen molar-refractivity contribution in [1.29, 1.82) is 5.26 Å². The Hall–Kier alpha value is -2.64. The van der Waals surface area contributed by atoms with Crippen molar-refractivity contribution < 1.29 is 0 Å². The summed E-state index contributed by atoms with van der Waals surface area (Å²) in [6.45, 7) is 0. The van der Waals surface area contributed by atoms with E-state index in [0.717, 1.165) is 35.4 Å². The van der Waals surface area contributed by atoms with Crippen LogP contribution in [0.5, 0.6) is 0 Å². The second-order valence-corrected chi connectivity index (χ2v) is 7.06. The quantitative estimate of drug-likeness (QED) is 0.750. The molecule has 0 saturated heterocycles. The number of nitrogens with two attached hydrogens (primary N) is 1. The van der Waals surface area contributed by atoms with Crippen LogP contribution in [0.25, 0.3) is 10.4 Å². The van der Waals surface area contributed by atoms with Crippen LogP contribution in [0, 0.1) is 11.3 Å². The number of hydrogen-bond donors (Lipinski definition) is 1. The lowest BCUT2D eigenvalue weighted by Gasteiger charge is -2.27. The predicted molar refractivity (Wildman–Crippen MR) is 97.9 cm³/mol. The van der Waals surface area contributed by atoms with Crippen LogP contribution >= 0.6 is 11.3 Å². The molecule has 1 unspecified atom stereocenters. The average Bonchev–Trinajstić information content (AvgIpc) is 3.15. The minimum absolute atomic E-state index is 0.359. The van der Waals surface area contributed by atoms with E-state index in [4.69, 9.17) is 5.73 Å². The van der Waals surface area contributed by atoms with Crippen molar-refractivity contribution in [1.82, 2.24) is 4.98 Å². The summed E-state index contributed by atoms with van der Waals surface area (Å²) in [4.78, 5) is 5.65. The Morgan fingerprint density at radius 3 is 2.71 bits per heavy atom. The predicted octanol–water partition coefficient (Wildman–Crippen LogP) is 4.54. The number of pyridine rings is 1. The van der Waals surface area contributed by atoms with Gasteiger partial charge in [0.1, 0.15) is 17.5 Å². The molecule has 1 atom stereocenters. The number of nitrogens with zero attached hydrogens (tertiary/aromatic N) is 2. The number of benzene rings is 1. The molecule has 118 valence electrons. The number of nitrogen functional groups attached to an aromatic ring is 1. The standard InChI is InChI=1S/C20H17N3S/c21-12-16-19(18-7-4-10-24-18)15-11-14(13-5-2-1-3-6-13)8-9-17(15)23-20(16)22/h1-7,10,14H,8-9,11H2,(H2,22,23). The van der Waals surface area contributed by atoms with E-state index in [1.54, 1.807) is 11.3 Å². The Morgan fingerprint density at radius 2 is 2.00 bits per heavy atom. The van der Waals surface area contributed by atoms with Gasteiger partial charge in [-0.1, -0.05) is 36.4 Å². The summed E-state index contributed by atoms with van der Waals surface area (Å²) in [6.07, 6.45) is 2.89. The topological polar surface area (TPSA) is 62.7 Å². The molecule has 1 aromatic carbocycles. The first kappa shape index (κ1) is 14.9. The number of aryl methyl sites for hydroxylation is 1. The van der Waals surface area contributed by atoms with Crippen molar-refractivity contribution in [3.8, 4) is 16.5 Å². The molecule has 2 N–H and O–H groups in total. The van der Waals surface area contributed by atoms with Gasteiger partial charge in [-0.3, -0.25) is 0 Å². The first-order valence-electron chi connectivity index (χ1n) is 8.08. The zero-order valence-corrected chi connectivity index (χ0v) is 14.0. The zero-order chi connectivity index (χ0) is 16.5. The van der Waals surface area contributed by atoms with Crippen molar-refractivity contribution >= 4 is 17.2 Å². The number of fused-ring (bicyclic) bond motifs is 1. The van der Waals surface area contributed by atoms with E-state index < -0.39 is 0 Å². The summed E-state index contributed by atoms with van der Waals surface area (Å²) in [6, 6.07) is 17.0. The Labute approximate surface area is 145 Å². The third-order valence-corrected chi connectivity index (χ3v) is 5.63. The fraction of sp³-hybridized carbons (Fsp3) is 0.200. The second-order valence-electron chi connectivity index (χ2n) is 6.11. The molecule has 3 aromatic rings. The van der Waals surface area contributed by atoms with Gasteiger partial charge in [-0.15, -0.1) is 11.3 Å². The van der Waals surface area contributed by atoms with E-state index in [-0.39, 0.29) is 0 Å². The van der Waals surface area contributed by atoms with Crippen LogP contribution in [-0.4, -0.2) is 4.98 Å². The molecule has 1 aliphatic carbocycles. The fourth-order valence-electron chi connectivity index (χ4n) is 3.59. The number of anilines is 1. The molecular weight excluding hydrogens is 314 g/mol. The van der Waals surface area contributed by atoms with Crippen LogP contribution in [0.1, 0.15) is 34.7 Å². The molecule has 0 fully saturated rings. The van der Waals surface area contributed by atoms with Gasteiger partial charge in [0.25, 0.3) is 0 Å². The number of rotatable bonds is 2. The van der Waals surface area contributed by atoms with E-state index in [1.165, 1.54) is 11.1 Å². The Morgan fingerprint density at radius 1 is 1.17 bits per heavy atom. The molecule has 4 heteroatoms. The Balaban J connectivity index is 1.86. The van der Waals surface area contributed by atoms with Crippen molar-refractivity contribution in [2.24, 2.45) is 0 Å². The van der Waals surface area contributed by atoms with Crippen molar-refractivity contribution in [2.75, 3.05) is 5.73 Å². The summed E-state index contributed by atoms with van der Waals surface area (Å²) < 4.78 is 0. The van der Waals surface area contributed by atoms with E-state index in [2.05, 4.69) is 41.4 Å². The third kappa shape index (κ3) is 2.47. The van der Waals surface area contributed by atoms with E-state index >= 15 is 0 Å². The molecule has 0 radical (unpaired) electrons. The molecule has 2 aromatic heterocycles. The lowest BCUT2D eigenvalue weighted by molar-refractivity contribution is 0.576. The summed E-state index contributed by atoms with van der Waals surface area (Å²) >= 11 is 1.65. The largest absolute Gasteiger partial charge is 0.383 e. The highest BCUT2D eigenvalue weighted by Crippen LogP contribution is 2.41. The SMILES string of the molecule is N#Cc1c(N)nc2c(c1-c1cccs1)CC(c1ccccc1)CC2. The fourth-order valence-corrected chi connectivity index (χ4v) is 4.40. The van der Waals surface area contributed by atoms with Crippen LogP contribution in [0.4, 0.5) is 5.82 Å². The molecule has 0 bridgehead atoms. The van der Waals surface area contributed by atoms with Crippen molar-refractivity contribution in [2.45, 2.75) is 25.2 Å². The van der Waals surface area contributed by atoms with Gasteiger partial charge >= 0.3 is 0 Å². The molecular formula is C20H17N3S. The van der Waals surface area contributed by atoms with Gasteiger partial charge in [0.2, 0.25) is 0 Å². The van der Waals surface area contributed by atoms with Gasteiger partial charge in [-0.05, 0) is 47.8 Å². The van der Waals surface area contributed by atoms with Crippen LogP contribution in [-0.2, 0) is 12.8 Å². The molecule has 1 aliphatic rings. The maximum Gasteiger partial charge on any atom is 0.142 e. The summed E-state index contributed by atoms with van der Waals surface area (Å²) in [7, 11) is 0. The molecule has 0 amide bonds. The van der Waals surface area contributed by atoms with Crippen LogP contribution in [0.2, 0.25) is 0 Å². The lowest BCUT2D eigenvalue weighted by Crippen LogP contribution is -2.17. The Kier molecular flexibility index (Phi) is 3.79. The van der Waals surface area contributed by atoms with Gasteiger partial charge in [-0.25, -0.2) is 4.98 Å². The highest BCUT2D eigenvalue weighted by Gasteiger charge is 2.27. The monoisotopic (exact) mass is 331 g/mol. The first-order valence-corrected chi connectivity index (χ1v) is 8.96. The minimum atomic E-state index is 0.359. The molecule has 3 nitrogen and oxygen atoms in total. The van der Waals surface area contributed by atoms with E-state index in [0.29, 0.717) is 17.3 Å². The van der Waals surface area contributed by atoms with Crippen molar-refractivity contribution in [3.05, 3.63) is 70.2 Å². The van der Waals surface area contributed by atoms with E-state index in [1.807, 2.05) is 17.5 Å². The number of aromatic nitrogens is 1. The maximum atomic E-state index is 9.62. The molecule has 0 saturated carbocycles. The number of thiophene rings is 1. The highest BCUT2D eigenvalue weighted by molar-refractivity contribution is 7.13. The average molecular weight is 331 g/mol. The normalized spacial score (nSPS) is 16.4.